The van der Waals surface area contributed by atoms with Gasteiger partial charge in [0.05, 0.1) is 12.1 Å². The average molecular weight is 372 g/mol. The minimum Gasteiger partial charge on any atom is -0.287 e. The first-order valence-electron chi connectivity index (χ1n) is 8.11. The molecule has 0 aliphatic carbocycles. The lowest BCUT2D eigenvalue weighted by Crippen LogP contribution is -2.48. The Morgan fingerprint density at radius 2 is 1.81 bits per heavy atom. The third-order valence-corrected chi connectivity index (χ3v) is 4.29. The average Bonchev–Trinajstić information content (AvgIpc) is 2.85. The van der Waals surface area contributed by atoms with Gasteiger partial charge in [-0.3, -0.25) is 19.8 Å². The predicted octanol–water partition coefficient (Wildman–Crippen LogP) is 2.52. The van der Waals surface area contributed by atoms with Crippen LogP contribution in [-0.2, 0) is 9.59 Å². The summed E-state index contributed by atoms with van der Waals surface area (Å²) in [4.78, 5) is 38.2. The van der Waals surface area contributed by atoms with E-state index in [9.17, 15) is 14.4 Å². The van der Waals surface area contributed by atoms with Gasteiger partial charge in [-0.2, -0.15) is 0 Å². The summed E-state index contributed by atoms with van der Waals surface area (Å²) in [5.74, 6) is -1.14. The molecular weight excluding hydrogens is 354 g/mol. The zero-order valence-corrected chi connectivity index (χ0v) is 15.1. The molecule has 1 aliphatic heterocycles. The van der Waals surface area contributed by atoms with Gasteiger partial charge in [-0.25, -0.2) is 10.3 Å². The van der Waals surface area contributed by atoms with Crippen molar-refractivity contribution in [3.05, 3.63) is 64.2 Å². The lowest BCUT2D eigenvalue weighted by atomic mass is 10.1. The number of hydrazine groups is 1. The van der Waals surface area contributed by atoms with Crippen molar-refractivity contribution in [3.63, 3.8) is 0 Å². The molecule has 1 saturated heterocycles. The van der Waals surface area contributed by atoms with Gasteiger partial charge >= 0.3 is 0 Å². The molecule has 1 heterocycles. The summed E-state index contributed by atoms with van der Waals surface area (Å²) in [5, 5.41) is 0.436. The minimum absolute atomic E-state index is 0.0261. The fourth-order valence-corrected chi connectivity index (χ4v) is 3.14. The number of halogens is 1. The van der Waals surface area contributed by atoms with Crippen molar-refractivity contribution in [2.24, 2.45) is 0 Å². The Morgan fingerprint density at radius 3 is 2.46 bits per heavy atom. The van der Waals surface area contributed by atoms with Crippen molar-refractivity contribution in [2.75, 3.05) is 4.90 Å². The van der Waals surface area contributed by atoms with Crippen LogP contribution in [0.25, 0.3) is 0 Å². The molecule has 0 unspecified atom stereocenters. The highest BCUT2D eigenvalue weighted by atomic mass is 35.5. The van der Waals surface area contributed by atoms with Crippen LogP contribution < -0.4 is 15.8 Å². The van der Waals surface area contributed by atoms with Crippen LogP contribution in [0.4, 0.5) is 5.69 Å². The van der Waals surface area contributed by atoms with Crippen LogP contribution in [-0.4, -0.2) is 23.8 Å². The quantitative estimate of drug-likeness (QED) is 0.639. The number of nitrogens with zero attached hydrogens (tertiary/aromatic N) is 1. The van der Waals surface area contributed by atoms with Gasteiger partial charge in [0.15, 0.2) is 0 Å². The third-order valence-electron chi connectivity index (χ3n) is 4.06. The zero-order chi connectivity index (χ0) is 18.8. The SMILES string of the molecule is Cc1cc(C)cc(N2C(=O)C[C@H](NNC(=O)c3cccc(Cl)c3)C2=O)c1. The van der Waals surface area contributed by atoms with E-state index in [0.29, 0.717) is 16.3 Å². The number of carbonyl (C=O) groups excluding carboxylic acids is 3. The molecule has 0 aromatic heterocycles. The first-order chi connectivity index (χ1) is 12.3. The zero-order valence-electron chi connectivity index (χ0n) is 14.4. The Hall–Kier alpha value is -2.70. The summed E-state index contributed by atoms with van der Waals surface area (Å²) < 4.78 is 0. The number of hydrogen-bond donors (Lipinski definition) is 2. The largest absolute Gasteiger partial charge is 0.287 e. The van der Waals surface area contributed by atoms with Crippen molar-refractivity contribution < 1.29 is 14.4 Å². The van der Waals surface area contributed by atoms with E-state index in [0.717, 1.165) is 16.0 Å². The molecule has 0 spiro atoms. The Morgan fingerprint density at radius 1 is 1.12 bits per heavy atom. The molecule has 1 aliphatic rings. The normalized spacial score (nSPS) is 16.9. The summed E-state index contributed by atoms with van der Waals surface area (Å²) in [7, 11) is 0. The molecule has 26 heavy (non-hydrogen) atoms. The summed E-state index contributed by atoms with van der Waals surface area (Å²) in [6.07, 6.45) is -0.0261. The molecule has 134 valence electrons. The van der Waals surface area contributed by atoms with Crippen LogP contribution in [0.2, 0.25) is 5.02 Å². The molecule has 2 N–H and O–H groups in total. The molecule has 3 rings (SSSR count). The van der Waals surface area contributed by atoms with E-state index in [2.05, 4.69) is 10.9 Å². The van der Waals surface area contributed by atoms with E-state index >= 15 is 0 Å². The van der Waals surface area contributed by atoms with Crippen LogP contribution in [0, 0.1) is 13.8 Å². The van der Waals surface area contributed by atoms with Crippen LogP contribution in [0.3, 0.4) is 0 Å². The number of anilines is 1. The number of amides is 3. The Bertz CT molecular complexity index is 877. The first-order valence-corrected chi connectivity index (χ1v) is 8.49. The lowest BCUT2D eigenvalue weighted by Gasteiger charge is -2.17. The Balaban J connectivity index is 1.70. The first kappa shape index (κ1) is 18.1. The molecule has 7 heteroatoms. The van der Waals surface area contributed by atoms with Crippen LogP contribution in [0.15, 0.2) is 42.5 Å². The van der Waals surface area contributed by atoms with Gasteiger partial charge in [0.25, 0.3) is 11.8 Å². The van der Waals surface area contributed by atoms with E-state index in [1.165, 1.54) is 6.07 Å². The van der Waals surface area contributed by atoms with Crippen molar-refractivity contribution >= 4 is 35.0 Å². The van der Waals surface area contributed by atoms with Gasteiger partial charge in [0.1, 0.15) is 6.04 Å². The van der Waals surface area contributed by atoms with E-state index in [1.807, 2.05) is 19.9 Å². The van der Waals surface area contributed by atoms with Gasteiger partial charge in [-0.1, -0.05) is 23.7 Å². The standard InChI is InChI=1S/C19H18ClN3O3/c1-11-6-12(2)8-15(7-11)23-17(24)10-16(19(23)26)21-22-18(25)13-4-3-5-14(20)9-13/h3-9,16,21H,10H2,1-2H3,(H,22,25)/t16-/m0/s1. The van der Waals surface area contributed by atoms with Crippen LogP contribution in [0.1, 0.15) is 27.9 Å². The molecule has 6 nitrogen and oxygen atoms in total. The highest BCUT2D eigenvalue weighted by Gasteiger charge is 2.39. The number of benzene rings is 2. The number of nitrogens with one attached hydrogen (secondary N) is 2. The number of imide groups is 1. The number of rotatable bonds is 4. The smallest absolute Gasteiger partial charge is 0.265 e. The van der Waals surface area contributed by atoms with E-state index in [1.54, 1.807) is 30.3 Å². The Kier molecular flexibility index (Phi) is 5.06. The Labute approximate surface area is 156 Å². The molecular formula is C19H18ClN3O3. The molecule has 0 saturated carbocycles. The monoisotopic (exact) mass is 371 g/mol. The number of aryl methyl sites for hydroxylation is 2. The highest BCUT2D eigenvalue weighted by molar-refractivity contribution is 6.31. The summed E-state index contributed by atoms with van der Waals surface area (Å²) in [5.41, 5.74) is 7.95. The maximum atomic E-state index is 12.6. The van der Waals surface area contributed by atoms with Gasteiger partial charge in [0.2, 0.25) is 5.91 Å². The van der Waals surface area contributed by atoms with Crippen molar-refractivity contribution in [2.45, 2.75) is 26.3 Å². The molecule has 0 bridgehead atoms. The van der Waals surface area contributed by atoms with Crippen molar-refractivity contribution in [1.29, 1.82) is 0 Å². The van der Waals surface area contributed by atoms with E-state index in [-0.39, 0.29) is 12.3 Å². The summed E-state index contributed by atoms with van der Waals surface area (Å²) in [6, 6.07) is 11.2. The van der Waals surface area contributed by atoms with E-state index in [4.69, 9.17) is 11.6 Å². The van der Waals surface area contributed by atoms with Gasteiger partial charge in [-0.05, 0) is 55.3 Å². The maximum Gasteiger partial charge on any atom is 0.265 e. The minimum atomic E-state index is -0.813. The second-order valence-electron chi connectivity index (χ2n) is 6.28. The van der Waals surface area contributed by atoms with Gasteiger partial charge < -0.3 is 0 Å². The molecule has 3 amide bonds. The number of carbonyl (C=O) groups is 3. The predicted molar refractivity (Wildman–Crippen MR) is 98.9 cm³/mol. The van der Waals surface area contributed by atoms with Crippen molar-refractivity contribution in [3.8, 4) is 0 Å². The fourth-order valence-electron chi connectivity index (χ4n) is 2.95. The number of hydrogen-bond acceptors (Lipinski definition) is 4. The second-order valence-corrected chi connectivity index (χ2v) is 6.72. The highest BCUT2D eigenvalue weighted by Crippen LogP contribution is 2.25. The second kappa shape index (κ2) is 7.27. The molecule has 1 fully saturated rings. The maximum absolute atomic E-state index is 12.6. The van der Waals surface area contributed by atoms with Crippen LogP contribution in [0.5, 0.6) is 0 Å². The lowest BCUT2D eigenvalue weighted by molar-refractivity contribution is -0.121. The molecule has 1 atom stereocenters. The third kappa shape index (κ3) is 3.76. The molecule has 2 aromatic rings. The summed E-state index contributed by atoms with van der Waals surface area (Å²) in [6.45, 7) is 3.81. The van der Waals surface area contributed by atoms with Gasteiger partial charge in [-0.15, -0.1) is 0 Å². The fraction of sp³-hybridized carbons (Fsp3) is 0.211. The summed E-state index contributed by atoms with van der Waals surface area (Å²) >= 11 is 5.87. The molecule has 0 radical (unpaired) electrons. The van der Waals surface area contributed by atoms with E-state index < -0.39 is 17.9 Å². The molecule has 2 aromatic carbocycles. The van der Waals surface area contributed by atoms with Crippen LogP contribution >= 0.6 is 11.6 Å². The van der Waals surface area contributed by atoms with Crippen molar-refractivity contribution in [1.82, 2.24) is 10.9 Å². The topological polar surface area (TPSA) is 78.5 Å². The van der Waals surface area contributed by atoms with Gasteiger partial charge in [0, 0.05) is 10.6 Å².